The van der Waals surface area contributed by atoms with E-state index in [-0.39, 0.29) is 18.0 Å². The zero-order valence-corrected chi connectivity index (χ0v) is 18.4. The predicted octanol–water partition coefficient (Wildman–Crippen LogP) is 4.41. The molecular formula is C23H24N2O3S2. The number of amides is 1. The Balaban J connectivity index is 1.29. The molecule has 7 heteroatoms. The van der Waals surface area contributed by atoms with Gasteiger partial charge >= 0.3 is 0 Å². The molecule has 4 heterocycles. The summed E-state index contributed by atoms with van der Waals surface area (Å²) in [5.74, 6) is 1.55. The van der Waals surface area contributed by atoms with Crippen molar-refractivity contribution in [2.45, 2.75) is 25.4 Å². The van der Waals surface area contributed by atoms with Crippen LogP contribution in [0.25, 0.3) is 0 Å². The summed E-state index contributed by atoms with van der Waals surface area (Å²) in [5.41, 5.74) is 2.36. The van der Waals surface area contributed by atoms with Gasteiger partial charge in [-0.05, 0) is 59.5 Å². The van der Waals surface area contributed by atoms with Gasteiger partial charge in [-0.3, -0.25) is 9.69 Å². The summed E-state index contributed by atoms with van der Waals surface area (Å²) in [6.07, 6.45) is 1.000. The molecule has 1 N–H and O–H groups in total. The Kier molecular flexibility index (Phi) is 5.50. The van der Waals surface area contributed by atoms with Gasteiger partial charge in [0.25, 0.3) is 0 Å². The van der Waals surface area contributed by atoms with Gasteiger partial charge in [0, 0.05) is 16.3 Å². The maximum absolute atomic E-state index is 12.9. The second-order valence-electron chi connectivity index (χ2n) is 7.63. The van der Waals surface area contributed by atoms with Crippen LogP contribution in [0.5, 0.6) is 11.5 Å². The Morgan fingerprint density at radius 3 is 2.87 bits per heavy atom. The van der Waals surface area contributed by atoms with E-state index in [1.165, 1.54) is 15.3 Å². The number of carbonyl (C=O) groups is 1. The monoisotopic (exact) mass is 440 g/mol. The van der Waals surface area contributed by atoms with Gasteiger partial charge in [0.05, 0.1) is 18.6 Å². The topological polar surface area (TPSA) is 50.8 Å². The Labute approximate surface area is 184 Å². The minimum Gasteiger partial charge on any atom is -0.486 e. The molecule has 0 fully saturated rings. The molecule has 2 aromatic heterocycles. The summed E-state index contributed by atoms with van der Waals surface area (Å²) in [7, 11) is 0. The van der Waals surface area contributed by atoms with Crippen LogP contribution in [0.4, 0.5) is 0 Å². The summed E-state index contributed by atoms with van der Waals surface area (Å²) in [5, 5.41) is 7.44. The fourth-order valence-corrected chi connectivity index (χ4v) is 5.98. The van der Waals surface area contributed by atoms with E-state index in [1.54, 1.807) is 11.3 Å². The normalized spacial score (nSPS) is 19.2. The maximum Gasteiger partial charge on any atom is 0.234 e. The lowest BCUT2D eigenvalue weighted by atomic mass is 9.98. The van der Waals surface area contributed by atoms with Crippen LogP contribution in [-0.4, -0.2) is 37.1 Å². The van der Waals surface area contributed by atoms with Crippen molar-refractivity contribution in [2.24, 2.45) is 0 Å². The first kappa shape index (κ1) is 19.6. The van der Waals surface area contributed by atoms with Crippen molar-refractivity contribution < 1.29 is 14.3 Å². The molecule has 0 saturated carbocycles. The number of carbonyl (C=O) groups excluding carboxylic acids is 1. The third kappa shape index (κ3) is 3.85. The van der Waals surface area contributed by atoms with Crippen LogP contribution in [0.2, 0.25) is 0 Å². The fourth-order valence-electron chi connectivity index (χ4n) is 4.20. The number of thiophene rings is 2. The molecule has 1 amide bonds. The molecule has 30 heavy (non-hydrogen) atoms. The summed E-state index contributed by atoms with van der Waals surface area (Å²) in [4.78, 5) is 18.0. The highest BCUT2D eigenvalue weighted by Gasteiger charge is 2.31. The Bertz CT molecular complexity index is 1030. The standard InChI is InChI=1S/C23H24N2O3S2/c1-15(16-4-5-18-19(13-16)28-10-9-27-18)24-22(26)14-25-8-6-20-17(7-12-30-20)23(25)21-3-2-11-29-21/h2-5,7,11-13,15,23H,6,8-10,14H2,1H3,(H,24,26)/t15-,23-/m1/s1. The van der Waals surface area contributed by atoms with Crippen molar-refractivity contribution in [3.05, 3.63) is 68.0 Å². The lowest BCUT2D eigenvalue weighted by Crippen LogP contribution is -2.43. The predicted molar refractivity (Wildman–Crippen MR) is 120 cm³/mol. The zero-order valence-electron chi connectivity index (χ0n) is 16.8. The van der Waals surface area contributed by atoms with Gasteiger partial charge in [0.2, 0.25) is 5.91 Å². The minimum atomic E-state index is -0.102. The number of fused-ring (bicyclic) bond motifs is 2. The number of nitrogens with zero attached hydrogens (tertiary/aromatic N) is 1. The van der Waals surface area contributed by atoms with E-state index in [2.05, 4.69) is 39.2 Å². The van der Waals surface area contributed by atoms with E-state index in [1.807, 2.05) is 36.5 Å². The van der Waals surface area contributed by atoms with Crippen LogP contribution in [0.15, 0.2) is 47.2 Å². The van der Waals surface area contributed by atoms with Gasteiger partial charge in [-0.15, -0.1) is 22.7 Å². The molecular weight excluding hydrogens is 416 g/mol. The van der Waals surface area contributed by atoms with Gasteiger partial charge in [-0.25, -0.2) is 0 Å². The van der Waals surface area contributed by atoms with Gasteiger partial charge < -0.3 is 14.8 Å². The highest BCUT2D eigenvalue weighted by atomic mass is 32.1. The number of benzene rings is 1. The van der Waals surface area contributed by atoms with Gasteiger partial charge in [-0.1, -0.05) is 12.1 Å². The molecule has 0 radical (unpaired) electrons. The summed E-state index contributed by atoms with van der Waals surface area (Å²) >= 11 is 3.58. The number of ether oxygens (including phenoxy) is 2. The second-order valence-corrected chi connectivity index (χ2v) is 9.61. The Morgan fingerprint density at radius 2 is 2.03 bits per heavy atom. The first-order chi connectivity index (χ1) is 14.7. The first-order valence-electron chi connectivity index (χ1n) is 10.2. The van der Waals surface area contributed by atoms with Crippen molar-refractivity contribution in [2.75, 3.05) is 26.3 Å². The summed E-state index contributed by atoms with van der Waals surface area (Å²) in [6.45, 7) is 4.41. The molecule has 0 aliphatic carbocycles. The summed E-state index contributed by atoms with van der Waals surface area (Å²) < 4.78 is 11.3. The largest absolute Gasteiger partial charge is 0.486 e. The number of nitrogens with one attached hydrogen (secondary N) is 1. The maximum atomic E-state index is 12.9. The second kappa shape index (κ2) is 8.41. The van der Waals surface area contributed by atoms with Gasteiger partial charge in [0.15, 0.2) is 11.5 Å². The SMILES string of the molecule is C[C@@H](NC(=O)CN1CCc2sccc2[C@@H]1c1cccs1)c1ccc2c(c1)OCCO2. The number of rotatable bonds is 5. The average molecular weight is 441 g/mol. The molecule has 1 aromatic carbocycles. The van der Waals surface area contributed by atoms with Crippen LogP contribution in [-0.2, 0) is 11.2 Å². The van der Waals surface area contributed by atoms with E-state index in [0.717, 1.165) is 30.0 Å². The van der Waals surface area contributed by atoms with Crippen LogP contribution in [0.3, 0.4) is 0 Å². The molecule has 5 rings (SSSR count). The lowest BCUT2D eigenvalue weighted by molar-refractivity contribution is -0.123. The molecule has 0 unspecified atom stereocenters. The molecule has 0 spiro atoms. The molecule has 2 atom stereocenters. The summed E-state index contributed by atoms with van der Waals surface area (Å²) in [6, 6.07) is 12.4. The third-order valence-corrected chi connectivity index (χ3v) is 7.59. The van der Waals surface area contributed by atoms with Crippen molar-refractivity contribution in [1.29, 1.82) is 0 Å². The first-order valence-corrected chi connectivity index (χ1v) is 12.0. The van der Waals surface area contributed by atoms with Gasteiger partial charge in [0.1, 0.15) is 13.2 Å². The zero-order chi connectivity index (χ0) is 20.5. The molecule has 0 bridgehead atoms. The highest BCUT2D eigenvalue weighted by Crippen LogP contribution is 2.39. The fraction of sp³-hybridized carbons (Fsp3) is 0.348. The van der Waals surface area contributed by atoms with Crippen molar-refractivity contribution in [3.63, 3.8) is 0 Å². The number of hydrogen-bond acceptors (Lipinski definition) is 6. The quantitative estimate of drug-likeness (QED) is 0.639. The van der Waals surface area contributed by atoms with E-state index in [4.69, 9.17) is 9.47 Å². The van der Waals surface area contributed by atoms with Crippen molar-refractivity contribution >= 4 is 28.6 Å². The van der Waals surface area contributed by atoms with Crippen LogP contribution in [0.1, 0.15) is 39.9 Å². The van der Waals surface area contributed by atoms with Crippen LogP contribution < -0.4 is 14.8 Å². The minimum absolute atomic E-state index is 0.0395. The highest BCUT2D eigenvalue weighted by molar-refractivity contribution is 7.10. The number of hydrogen-bond donors (Lipinski definition) is 1. The van der Waals surface area contributed by atoms with Crippen LogP contribution >= 0.6 is 22.7 Å². The van der Waals surface area contributed by atoms with E-state index in [0.29, 0.717) is 19.8 Å². The van der Waals surface area contributed by atoms with Crippen molar-refractivity contribution in [1.82, 2.24) is 10.2 Å². The molecule has 3 aromatic rings. The Hall–Kier alpha value is -2.35. The van der Waals surface area contributed by atoms with E-state index >= 15 is 0 Å². The molecule has 2 aliphatic heterocycles. The van der Waals surface area contributed by atoms with Crippen LogP contribution in [0, 0.1) is 0 Å². The third-order valence-electron chi connectivity index (χ3n) is 5.67. The Morgan fingerprint density at radius 1 is 1.17 bits per heavy atom. The molecule has 5 nitrogen and oxygen atoms in total. The lowest BCUT2D eigenvalue weighted by Gasteiger charge is -2.35. The average Bonchev–Trinajstić information content (AvgIpc) is 3.45. The molecule has 156 valence electrons. The molecule has 2 aliphatic rings. The van der Waals surface area contributed by atoms with E-state index in [9.17, 15) is 4.79 Å². The van der Waals surface area contributed by atoms with Crippen molar-refractivity contribution in [3.8, 4) is 11.5 Å². The molecule has 0 saturated heterocycles. The van der Waals surface area contributed by atoms with Gasteiger partial charge in [-0.2, -0.15) is 0 Å². The van der Waals surface area contributed by atoms with E-state index < -0.39 is 0 Å². The smallest absolute Gasteiger partial charge is 0.234 e.